The highest BCUT2D eigenvalue weighted by molar-refractivity contribution is 6.04. The number of carbonyl (C=O) groups is 3. The molecule has 2 aliphatic heterocycles. The van der Waals surface area contributed by atoms with E-state index in [1.54, 1.807) is 9.80 Å². The fraction of sp³-hybridized carbons (Fsp3) is 0.318. The van der Waals surface area contributed by atoms with E-state index in [1.807, 2.05) is 55.5 Å². The van der Waals surface area contributed by atoms with Gasteiger partial charge in [0.15, 0.2) is 0 Å². The third-order valence-electron chi connectivity index (χ3n) is 5.41. The van der Waals surface area contributed by atoms with Crippen molar-refractivity contribution in [2.24, 2.45) is 5.92 Å². The molecule has 144 valence electrons. The van der Waals surface area contributed by atoms with Gasteiger partial charge in [0.2, 0.25) is 17.7 Å². The quantitative estimate of drug-likeness (QED) is 0.891. The first kappa shape index (κ1) is 18.2. The van der Waals surface area contributed by atoms with Gasteiger partial charge in [-0.15, -0.1) is 0 Å². The van der Waals surface area contributed by atoms with E-state index in [2.05, 4.69) is 5.32 Å². The fourth-order valence-corrected chi connectivity index (χ4v) is 3.90. The van der Waals surface area contributed by atoms with Gasteiger partial charge in [-0.2, -0.15) is 0 Å². The molecule has 6 heteroatoms. The Hall–Kier alpha value is -3.15. The zero-order valence-corrected chi connectivity index (χ0v) is 15.9. The minimum atomic E-state index is -0.376. The zero-order chi connectivity index (χ0) is 19.7. The minimum Gasteiger partial charge on any atom is -0.326 e. The standard InChI is InChI=1S/C22H23N3O3/c1-2-20(26)24-11-10-15-12-18(8-9-19(15)24)25-14-16(13-21(25)27)22(28)23-17-6-4-3-5-7-17/h3-9,12,16H,2,10-11,13-14H2,1H3,(H,23,28)/t16-/m1/s1. The number of carbonyl (C=O) groups excluding carboxylic acids is 3. The summed E-state index contributed by atoms with van der Waals surface area (Å²) in [6.45, 7) is 2.91. The second kappa shape index (κ2) is 7.46. The van der Waals surface area contributed by atoms with Crippen LogP contribution in [0.4, 0.5) is 17.1 Å². The lowest BCUT2D eigenvalue weighted by atomic mass is 10.1. The number of nitrogens with zero attached hydrogens (tertiary/aromatic N) is 2. The van der Waals surface area contributed by atoms with Gasteiger partial charge >= 0.3 is 0 Å². The lowest BCUT2D eigenvalue weighted by molar-refractivity contribution is -0.122. The smallest absolute Gasteiger partial charge is 0.229 e. The maximum atomic E-state index is 12.5. The average molecular weight is 377 g/mol. The second-order valence-electron chi connectivity index (χ2n) is 7.22. The van der Waals surface area contributed by atoms with Crippen LogP contribution >= 0.6 is 0 Å². The molecule has 1 saturated heterocycles. The molecule has 3 amide bonds. The van der Waals surface area contributed by atoms with E-state index in [0.717, 1.165) is 29.0 Å². The van der Waals surface area contributed by atoms with Crippen LogP contribution in [0.15, 0.2) is 48.5 Å². The van der Waals surface area contributed by atoms with Crippen LogP contribution in [0, 0.1) is 5.92 Å². The van der Waals surface area contributed by atoms with Crippen LogP contribution in [0.2, 0.25) is 0 Å². The number of hydrogen-bond donors (Lipinski definition) is 1. The van der Waals surface area contributed by atoms with Crippen molar-refractivity contribution in [2.45, 2.75) is 26.2 Å². The first-order valence-corrected chi connectivity index (χ1v) is 9.66. The average Bonchev–Trinajstić information content (AvgIpc) is 3.31. The summed E-state index contributed by atoms with van der Waals surface area (Å²) in [7, 11) is 0. The lowest BCUT2D eigenvalue weighted by Gasteiger charge is -2.20. The van der Waals surface area contributed by atoms with E-state index in [1.165, 1.54) is 0 Å². The molecule has 0 unspecified atom stereocenters. The van der Waals surface area contributed by atoms with Crippen molar-refractivity contribution >= 4 is 34.8 Å². The van der Waals surface area contributed by atoms with Crippen molar-refractivity contribution in [3.8, 4) is 0 Å². The van der Waals surface area contributed by atoms with Crippen molar-refractivity contribution in [3.05, 3.63) is 54.1 Å². The number of benzene rings is 2. The number of anilines is 3. The van der Waals surface area contributed by atoms with E-state index < -0.39 is 0 Å². The Kier molecular flexibility index (Phi) is 4.86. The minimum absolute atomic E-state index is 0.0485. The summed E-state index contributed by atoms with van der Waals surface area (Å²) >= 11 is 0. The highest BCUT2D eigenvalue weighted by Gasteiger charge is 2.36. The number of amides is 3. The number of rotatable bonds is 4. The van der Waals surface area contributed by atoms with Gasteiger partial charge in [0.05, 0.1) is 5.92 Å². The Morgan fingerprint density at radius 1 is 1.14 bits per heavy atom. The molecule has 0 radical (unpaired) electrons. The summed E-state index contributed by atoms with van der Waals surface area (Å²) in [4.78, 5) is 40.6. The summed E-state index contributed by atoms with van der Waals surface area (Å²) in [5.74, 6) is -0.448. The summed E-state index contributed by atoms with van der Waals surface area (Å²) in [5.41, 5.74) is 3.53. The number of para-hydroxylation sites is 1. The van der Waals surface area contributed by atoms with Crippen LogP contribution in [0.1, 0.15) is 25.3 Å². The first-order valence-electron chi connectivity index (χ1n) is 9.66. The predicted molar refractivity (Wildman–Crippen MR) is 108 cm³/mol. The molecule has 0 spiro atoms. The first-order chi connectivity index (χ1) is 13.6. The van der Waals surface area contributed by atoms with Gasteiger partial charge in [0.25, 0.3) is 0 Å². The van der Waals surface area contributed by atoms with Crippen LogP contribution in [-0.4, -0.2) is 30.8 Å². The second-order valence-corrected chi connectivity index (χ2v) is 7.22. The van der Waals surface area contributed by atoms with Crippen molar-refractivity contribution in [3.63, 3.8) is 0 Å². The molecule has 2 heterocycles. The molecule has 0 bridgehead atoms. The molecule has 0 saturated carbocycles. The molecule has 2 aromatic carbocycles. The number of nitrogens with one attached hydrogen (secondary N) is 1. The monoisotopic (exact) mass is 377 g/mol. The Bertz CT molecular complexity index is 926. The van der Waals surface area contributed by atoms with Crippen LogP contribution in [0.3, 0.4) is 0 Å². The van der Waals surface area contributed by atoms with Crippen LogP contribution in [0.5, 0.6) is 0 Å². The van der Waals surface area contributed by atoms with Crippen LogP contribution in [0.25, 0.3) is 0 Å². The van der Waals surface area contributed by atoms with E-state index in [-0.39, 0.29) is 30.1 Å². The number of hydrogen-bond acceptors (Lipinski definition) is 3. The molecular formula is C22H23N3O3. The summed E-state index contributed by atoms with van der Waals surface area (Å²) in [6.07, 6.45) is 1.47. The van der Waals surface area contributed by atoms with Crippen molar-refractivity contribution in [2.75, 3.05) is 28.2 Å². The van der Waals surface area contributed by atoms with Gasteiger partial charge in [0, 0.05) is 43.0 Å². The van der Waals surface area contributed by atoms with Gasteiger partial charge < -0.3 is 15.1 Å². The topological polar surface area (TPSA) is 69.7 Å². The molecule has 6 nitrogen and oxygen atoms in total. The molecule has 0 aliphatic carbocycles. The molecule has 28 heavy (non-hydrogen) atoms. The van der Waals surface area contributed by atoms with Gasteiger partial charge in [0.1, 0.15) is 0 Å². The van der Waals surface area contributed by atoms with Crippen molar-refractivity contribution in [1.29, 1.82) is 0 Å². The molecular weight excluding hydrogens is 354 g/mol. The summed E-state index contributed by atoms with van der Waals surface area (Å²) < 4.78 is 0. The predicted octanol–water partition coefficient (Wildman–Crippen LogP) is 2.98. The van der Waals surface area contributed by atoms with Gasteiger partial charge in [-0.25, -0.2) is 0 Å². The van der Waals surface area contributed by atoms with Crippen molar-refractivity contribution in [1.82, 2.24) is 0 Å². The molecule has 1 atom stereocenters. The highest BCUT2D eigenvalue weighted by Crippen LogP contribution is 2.34. The summed E-state index contributed by atoms with van der Waals surface area (Å²) in [5, 5.41) is 2.88. The van der Waals surface area contributed by atoms with Crippen molar-refractivity contribution < 1.29 is 14.4 Å². The SMILES string of the molecule is CCC(=O)N1CCc2cc(N3C[C@H](C(=O)Nc4ccccc4)CC3=O)ccc21. The molecule has 1 fully saturated rings. The van der Waals surface area contributed by atoms with E-state index in [9.17, 15) is 14.4 Å². The largest absolute Gasteiger partial charge is 0.326 e. The third-order valence-corrected chi connectivity index (χ3v) is 5.41. The normalized spacial score (nSPS) is 18.3. The highest BCUT2D eigenvalue weighted by atomic mass is 16.2. The molecule has 4 rings (SSSR count). The fourth-order valence-electron chi connectivity index (χ4n) is 3.90. The zero-order valence-electron chi connectivity index (χ0n) is 15.9. The van der Waals surface area contributed by atoms with E-state index in [4.69, 9.17) is 0 Å². The Morgan fingerprint density at radius 2 is 1.93 bits per heavy atom. The Labute approximate surface area is 164 Å². The maximum absolute atomic E-state index is 12.5. The lowest BCUT2D eigenvalue weighted by Crippen LogP contribution is -2.28. The molecule has 0 aromatic heterocycles. The molecule has 2 aliphatic rings. The van der Waals surface area contributed by atoms with Crippen LogP contribution < -0.4 is 15.1 Å². The number of fused-ring (bicyclic) bond motifs is 1. The van der Waals surface area contributed by atoms with Gasteiger partial charge in [-0.1, -0.05) is 25.1 Å². The Morgan fingerprint density at radius 3 is 2.68 bits per heavy atom. The van der Waals surface area contributed by atoms with E-state index in [0.29, 0.717) is 19.5 Å². The summed E-state index contributed by atoms with van der Waals surface area (Å²) in [6, 6.07) is 15.0. The van der Waals surface area contributed by atoms with Gasteiger partial charge in [-0.3, -0.25) is 14.4 Å². The third kappa shape index (κ3) is 3.38. The maximum Gasteiger partial charge on any atom is 0.229 e. The van der Waals surface area contributed by atoms with E-state index >= 15 is 0 Å². The van der Waals surface area contributed by atoms with Gasteiger partial charge in [-0.05, 0) is 42.3 Å². The Balaban J connectivity index is 1.48. The molecule has 2 aromatic rings. The molecule has 1 N–H and O–H groups in total. The van der Waals surface area contributed by atoms with Crippen LogP contribution in [-0.2, 0) is 20.8 Å².